The average Bonchev–Trinajstić information content (AvgIpc) is 3.36. The number of anilines is 1. The van der Waals surface area contributed by atoms with Crippen LogP contribution in [0.4, 0.5) is 5.13 Å². The molecule has 4 rings (SSSR count). The first kappa shape index (κ1) is 17.9. The number of carbonyl (C=O) groups excluding carboxylic acids is 1. The van der Waals surface area contributed by atoms with Gasteiger partial charge in [0.2, 0.25) is 5.91 Å². The molecule has 3 aromatic rings. The monoisotopic (exact) mass is 382 g/mol. The molecule has 1 amide bonds. The smallest absolute Gasteiger partial charge is 0.230 e. The molecule has 3 heterocycles. The van der Waals surface area contributed by atoms with E-state index in [1.54, 1.807) is 0 Å². The van der Waals surface area contributed by atoms with E-state index in [9.17, 15) is 4.79 Å². The molecule has 1 saturated heterocycles. The van der Waals surface area contributed by atoms with Crippen LogP contribution in [0, 0.1) is 0 Å². The predicted molar refractivity (Wildman–Crippen MR) is 106 cm³/mol. The van der Waals surface area contributed by atoms with E-state index in [4.69, 9.17) is 4.74 Å². The van der Waals surface area contributed by atoms with Gasteiger partial charge in [-0.3, -0.25) is 9.69 Å². The fourth-order valence-corrected chi connectivity index (χ4v) is 3.78. The Kier molecular flexibility index (Phi) is 5.62. The van der Waals surface area contributed by atoms with Crippen LogP contribution in [0.25, 0.3) is 5.69 Å². The number of aromatic nitrogens is 2. The van der Waals surface area contributed by atoms with Crippen molar-refractivity contribution in [3.05, 3.63) is 65.4 Å². The summed E-state index contributed by atoms with van der Waals surface area (Å²) >= 11 is 1.47. The Labute approximate surface area is 162 Å². The van der Waals surface area contributed by atoms with Crippen molar-refractivity contribution >= 4 is 22.4 Å². The zero-order valence-corrected chi connectivity index (χ0v) is 15.8. The van der Waals surface area contributed by atoms with E-state index in [1.165, 1.54) is 11.3 Å². The Morgan fingerprint density at radius 1 is 1.15 bits per heavy atom. The van der Waals surface area contributed by atoms with Gasteiger partial charge in [-0.1, -0.05) is 12.1 Å². The molecule has 0 spiro atoms. The van der Waals surface area contributed by atoms with Gasteiger partial charge >= 0.3 is 0 Å². The zero-order valence-electron chi connectivity index (χ0n) is 15.0. The van der Waals surface area contributed by atoms with E-state index in [0.717, 1.165) is 49.8 Å². The van der Waals surface area contributed by atoms with Crippen LogP contribution >= 0.6 is 11.3 Å². The summed E-state index contributed by atoms with van der Waals surface area (Å²) in [5.41, 5.74) is 3.05. The second kappa shape index (κ2) is 8.47. The minimum absolute atomic E-state index is 0.0454. The molecule has 1 aromatic carbocycles. The molecule has 140 valence electrons. The Morgan fingerprint density at radius 3 is 2.63 bits per heavy atom. The molecule has 0 atom stereocenters. The van der Waals surface area contributed by atoms with Crippen molar-refractivity contribution in [2.45, 2.75) is 13.0 Å². The van der Waals surface area contributed by atoms with Gasteiger partial charge in [0.25, 0.3) is 0 Å². The normalized spacial score (nSPS) is 15.0. The molecule has 1 N–H and O–H groups in total. The maximum absolute atomic E-state index is 12.3. The first-order chi connectivity index (χ1) is 13.3. The summed E-state index contributed by atoms with van der Waals surface area (Å²) in [5, 5.41) is 5.58. The number of nitrogens with zero attached hydrogens (tertiary/aromatic N) is 3. The molecule has 27 heavy (non-hydrogen) atoms. The van der Waals surface area contributed by atoms with Gasteiger partial charge in [-0.05, 0) is 29.8 Å². The van der Waals surface area contributed by atoms with E-state index in [1.807, 2.05) is 58.7 Å². The van der Waals surface area contributed by atoms with Gasteiger partial charge in [0.1, 0.15) is 0 Å². The number of hydrogen-bond acceptors (Lipinski definition) is 5. The number of nitrogens with one attached hydrogen (secondary N) is 1. The lowest BCUT2D eigenvalue weighted by atomic mass is 10.1. The molecule has 7 heteroatoms. The number of hydrogen-bond donors (Lipinski definition) is 1. The quantitative estimate of drug-likeness (QED) is 0.712. The van der Waals surface area contributed by atoms with Crippen LogP contribution in [0.15, 0.2) is 54.2 Å². The van der Waals surface area contributed by atoms with Crippen molar-refractivity contribution in [1.82, 2.24) is 14.5 Å². The van der Waals surface area contributed by atoms with Crippen LogP contribution < -0.4 is 5.32 Å². The number of benzene rings is 1. The highest BCUT2D eigenvalue weighted by Crippen LogP contribution is 2.18. The van der Waals surface area contributed by atoms with Crippen molar-refractivity contribution < 1.29 is 9.53 Å². The average molecular weight is 382 g/mol. The minimum Gasteiger partial charge on any atom is -0.379 e. The van der Waals surface area contributed by atoms with Gasteiger partial charge < -0.3 is 14.6 Å². The molecule has 6 nitrogen and oxygen atoms in total. The van der Waals surface area contributed by atoms with E-state index < -0.39 is 0 Å². The molecule has 1 fully saturated rings. The predicted octanol–water partition coefficient (Wildman–Crippen LogP) is 2.95. The summed E-state index contributed by atoms with van der Waals surface area (Å²) in [6.07, 6.45) is 4.34. The molecule has 1 aliphatic rings. The molecular weight excluding hydrogens is 360 g/mol. The second-order valence-electron chi connectivity index (χ2n) is 6.51. The van der Waals surface area contributed by atoms with E-state index in [-0.39, 0.29) is 5.91 Å². The van der Waals surface area contributed by atoms with Crippen molar-refractivity contribution in [2.24, 2.45) is 0 Å². The first-order valence-electron chi connectivity index (χ1n) is 9.03. The lowest BCUT2D eigenvalue weighted by Crippen LogP contribution is -2.35. The number of carbonyl (C=O) groups is 1. The number of ether oxygens (including phenoxy) is 1. The van der Waals surface area contributed by atoms with Crippen molar-refractivity contribution in [3.8, 4) is 5.69 Å². The fraction of sp³-hybridized carbons (Fsp3) is 0.300. The standard InChI is InChI=1S/C20H22N4O2S/c25-19(13-16-3-5-18(6-4-16)24-7-1-2-8-24)22-20-21-17(15-27-20)14-23-9-11-26-12-10-23/h1-8,15H,9-14H2,(H,21,22,25). The third-order valence-electron chi connectivity index (χ3n) is 4.49. The van der Waals surface area contributed by atoms with Crippen LogP contribution in [-0.2, 0) is 22.5 Å². The Bertz CT molecular complexity index is 868. The summed E-state index contributed by atoms with van der Waals surface area (Å²) in [7, 11) is 0. The second-order valence-corrected chi connectivity index (χ2v) is 7.37. The molecule has 1 aliphatic heterocycles. The molecule has 0 aliphatic carbocycles. The maximum Gasteiger partial charge on any atom is 0.230 e. The van der Waals surface area contributed by atoms with Crippen molar-refractivity contribution in [1.29, 1.82) is 0 Å². The summed E-state index contributed by atoms with van der Waals surface area (Å²) in [4.78, 5) is 19.2. The Morgan fingerprint density at radius 2 is 1.89 bits per heavy atom. The minimum atomic E-state index is -0.0454. The molecule has 2 aromatic heterocycles. The van der Waals surface area contributed by atoms with Crippen LogP contribution in [0.3, 0.4) is 0 Å². The Hall–Kier alpha value is -2.48. The maximum atomic E-state index is 12.3. The molecular formula is C20H22N4O2S. The largest absolute Gasteiger partial charge is 0.379 e. The van der Waals surface area contributed by atoms with Crippen LogP contribution in [-0.4, -0.2) is 46.7 Å². The van der Waals surface area contributed by atoms with Gasteiger partial charge in [0, 0.05) is 43.1 Å². The fourth-order valence-electron chi connectivity index (χ4n) is 3.07. The Balaban J connectivity index is 1.30. The van der Waals surface area contributed by atoms with Gasteiger partial charge in [0.15, 0.2) is 5.13 Å². The van der Waals surface area contributed by atoms with Gasteiger partial charge in [-0.15, -0.1) is 11.3 Å². The number of thiazole rings is 1. The lowest BCUT2D eigenvalue weighted by Gasteiger charge is -2.25. The van der Waals surface area contributed by atoms with Gasteiger partial charge in [-0.25, -0.2) is 4.98 Å². The van der Waals surface area contributed by atoms with Crippen LogP contribution in [0.2, 0.25) is 0 Å². The van der Waals surface area contributed by atoms with Gasteiger partial charge in [0.05, 0.1) is 25.3 Å². The SMILES string of the molecule is O=C(Cc1ccc(-n2cccc2)cc1)Nc1nc(CN2CCOCC2)cs1. The molecule has 0 unspecified atom stereocenters. The topological polar surface area (TPSA) is 59.4 Å². The first-order valence-corrected chi connectivity index (χ1v) is 9.91. The summed E-state index contributed by atoms with van der Waals surface area (Å²) in [6.45, 7) is 4.21. The summed E-state index contributed by atoms with van der Waals surface area (Å²) < 4.78 is 7.40. The van der Waals surface area contributed by atoms with E-state index in [2.05, 4.69) is 15.2 Å². The third kappa shape index (κ3) is 4.82. The number of morpholine rings is 1. The highest BCUT2D eigenvalue weighted by atomic mass is 32.1. The highest BCUT2D eigenvalue weighted by molar-refractivity contribution is 7.13. The van der Waals surface area contributed by atoms with Crippen molar-refractivity contribution in [3.63, 3.8) is 0 Å². The zero-order chi connectivity index (χ0) is 18.5. The van der Waals surface area contributed by atoms with E-state index in [0.29, 0.717) is 11.6 Å². The van der Waals surface area contributed by atoms with Crippen LogP contribution in [0.1, 0.15) is 11.3 Å². The summed E-state index contributed by atoms with van der Waals surface area (Å²) in [5.74, 6) is -0.0454. The molecule has 0 radical (unpaired) electrons. The summed E-state index contributed by atoms with van der Waals surface area (Å²) in [6, 6.07) is 12.0. The van der Waals surface area contributed by atoms with E-state index >= 15 is 0 Å². The molecule has 0 bridgehead atoms. The van der Waals surface area contributed by atoms with Crippen molar-refractivity contribution in [2.75, 3.05) is 31.6 Å². The van der Waals surface area contributed by atoms with Gasteiger partial charge in [-0.2, -0.15) is 0 Å². The molecule has 0 saturated carbocycles. The highest BCUT2D eigenvalue weighted by Gasteiger charge is 2.13. The number of rotatable bonds is 6. The lowest BCUT2D eigenvalue weighted by molar-refractivity contribution is -0.115. The van der Waals surface area contributed by atoms with Crippen LogP contribution in [0.5, 0.6) is 0 Å². The third-order valence-corrected chi connectivity index (χ3v) is 5.30. The number of amides is 1.